The van der Waals surface area contributed by atoms with Crippen molar-refractivity contribution in [3.63, 3.8) is 0 Å². The number of carbonyl (C=O) groups is 2. The Morgan fingerprint density at radius 3 is 2.41 bits per heavy atom. The molecule has 2 amide bonds. The van der Waals surface area contributed by atoms with Gasteiger partial charge in [-0.05, 0) is 24.6 Å². The van der Waals surface area contributed by atoms with Crippen molar-refractivity contribution in [2.75, 3.05) is 25.0 Å². The number of aryl methyl sites for hydroxylation is 1. The van der Waals surface area contributed by atoms with Crippen molar-refractivity contribution in [3.8, 4) is 11.1 Å². The molecule has 8 nitrogen and oxygen atoms in total. The van der Waals surface area contributed by atoms with Crippen molar-refractivity contribution in [2.24, 2.45) is 0 Å². The van der Waals surface area contributed by atoms with Gasteiger partial charge in [0.1, 0.15) is 5.69 Å². The van der Waals surface area contributed by atoms with Gasteiger partial charge in [-0.1, -0.05) is 29.8 Å². The van der Waals surface area contributed by atoms with Crippen molar-refractivity contribution in [3.05, 3.63) is 66.2 Å². The van der Waals surface area contributed by atoms with E-state index in [0.717, 1.165) is 11.1 Å². The molecule has 3 aromatic rings. The number of pyridine rings is 1. The highest BCUT2D eigenvalue weighted by atomic mass is 16.2. The predicted molar refractivity (Wildman–Crippen MR) is 109 cm³/mol. The fourth-order valence-corrected chi connectivity index (χ4v) is 2.99. The zero-order valence-corrected chi connectivity index (χ0v) is 15.9. The largest absolute Gasteiger partial charge is 0.353 e. The summed E-state index contributed by atoms with van der Waals surface area (Å²) in [6.07, 6.45) is 5.06. The molecule has 0 spiro atoms. The van der Waals surface area contributed by atoms with E-state index in [1.54, 1.807) is 30.7 Å². The van der Waals surface area contributed by atoms with Crippen LogP contribution in [0.1, 0.15) is 16.1 Å². The number of hydrogen-bond acceptors (Lipinski definition) is 6. The van der Waals surface area contributed by atoms with Gasteiger partial charge in [0.2, 0.25) is 11.9 Å². The molecule has 0 unspecified atom stereocenters. The fraction of sp³-hybridized carbons (Fsp3) is 0.190. The Kier molecular flexibility index (Phi) is 5.15. The van der Waals surface area contributed by atoms with E-state index < -0.39 is 0 Å². The lowest BCUT2D eigenvalue weighted by atomic mass is 10.1. The van der Waals surface area contributed by atoms with E-state index in [9.17, 15) is 9.59 Å². The van der Waals surface area contributed by atoms with Crippen LogP contribution in [0.3, 0.4) is 0 Å². The molecular formula is C21H20N6O2. The molecule has 2 aromatic heterocycles. The fourth-order valence-electron chi connectivity index (χ4n) is 2.99. The highest BCUT2D eigenvalue weighted by molar-refractivity contribution is 5.95. The summed E-state index contributed by atoms with van der Waals surface area (Å²) in [4.78, 5) is 38.3. The van der Waals surface area contributed by atoms with Crippen LogP contribution in [0.5, 0.6) is 0 Å². The number of carbonyl (C=O) groups excluding carboxylic acids is 2. The number of hydrogen-bond donors (Lipinski definition) is 2. The zero-order chi connectivity index (χ0) is 20.2. The summed E-state index contributed by atoms with van der Waals surface area (Å²) in [6.45, 7) is 3.04. The maximum atomic E-state index is 12.4. The van der Waals surface area contributed by atoms with E-state index in [-0.39, 0.29) is 18.4 Å². The van der Waals surface area contributed by atoms with E-state index in [0.29, 0.717) is 30.4 Å². The molecule has 8 heteroatoms. The molecule has 0 saturated carbocycles. The molecule has 1 saturated heterocycles. The first kappa shape index (κ1) is 18.5. The van der Waals surface area contributed by atoms with Crippen LogP contribution in [0.25, 0.3) is 11.1 Å². The molecular weight excluding hydrogens is 368 g/mol. The molecule has 29 heavy (non-hydrogen) atoms. The van der Waals surface area contributed by atoms with E-state index in [1.165, 1.54) is 10.5 Å². The lowest BCUT2D eigenvalue weighted by molar-refractivity contribution is -0.123. The van der Waals surface area contributed by atoms with Crippen LogP contribution < -0.4 is 10.6 Å². The molecule has 0 radical (unpaired) electrons. The molecule has 4 rings (SSSR count). The summed E-state index contributed by atoms with van der Waals surface area (Å²) in [5, 5.41) is 5.77. The first-order valence-electron chi connectivity index (χ1n) is 9.26. The van der Waals surface area contributed by atoms with Gasteiger partial charge in [0.15, 0.2) is 0 Å². The lowest BCUT2D eigenvalue weighted by Gasteiger charge is -2.26. The van der Waals surface area contributed by atoms with Crippen LogP contribution in [0, 0.1) is 6.92 Å². The second kappa shape index (κ2) is 8.05. The SMILES string of the molecule is Cc1ccc(-c2cnc(Nc3ccc(C(=O)N4CCNC(=O)C4)nc3)nc2)cc1. The Labute approximate surface area is 168 Å². The monoisotopic (exact) mass is 388 g/mol. The summed E-state index contributed by atoms with van der Waals surface area (Å²) >= 11 is 0. The molecule has 1 aliphatic rings. The second-order valence-electron chi connectivity index (χ2n) is 6.80. The van der Waals surface area contributed by atoms with Crippen molar-refractivity contribution in [1.82, 2.24) is 25.2 Å². The van der Waals surface area contributed by atoms with Gasteiger partial charge in [0.05, 0.1) is 18.4 Å². The second-order valence-corrected chi connectivity index (χ2v) is 6.80. The number of piperazine rings is 1. The summed E-state index contributed by atoms with van der Waals surface area (Å²) in [5.74, 6) is 0.0219. The molecule has 1 aromatic carbocycles. The van der Waals surface area contributed by atoms with E-state index in [2.05, 4.69) is 25.6 Å². The molecule has 2 N–H and O–H groups in total. The minimum atomic E-state index is -0.259. The number of amides is 2. The molecule has 0 bridgehead atoms. The standard InChI is InChI=1S/C21H20N6O2/c1-14-2-4-15(5-3-14)16-10-24-21(25-11-16)26-17-6-7-18(23-12-17)20(29)27-9-8-22-19(28)13-27/h2-7,10-12H,8-9,13H2,1H3,(H,22,28)(H,24,25,26). The van der Waals surface area contributed by atoms with Gasteiger partial charge in [-0.3, -0.25) is 9.59 Å². The Balaban J connectivity index is 1.41. The van der Waals surface area contributed by atoms with Crippen molar-refractivity contribution in [1.29, 1.82) is 0 Å². The molecule has 0 atom stereocenters. The lowest BCUT2D eigenvalue weighted by Crippen LogP contribution is -2.50. The average Bonchev–Trinajstić information content (AvgIpc) is 2.75. The summed E-state index contributed by atoms with van der Waals surface area (Å²) in [6, 6.07) is 11.5. The maximum absolute atomic E-state index is 12.4. The molecule has 0 aliphatic carbocycles. The van der Waals surface area contributed by atoms with Crippen LogP contribution in [0.4, 0.5) is 11.6 Å². The van der Waals surface area contributed by atoms with E-state index in [4.69, 9.17) is 0 Å². The molecule has 3 heterocycles. The third-order valence-electron chi connectivity index (χ3n) is 4.60. The minimum Gasteiger partial charge on any atom is -0.353 e. The van der Waals surface area contributed by atoms with Crippen molar-refractivity contribution >= 4 is 23.5 Å². The van der Waals surface area contributed by atoms with E-state index in [1.807, 2.05) is 31.2 Å². The van der Waals surface area contributed by atoms with Crippen molar-refractivity contribution in [2.45, 2.75) is 6.92 Å². The molecule has 146 valence electrons. The summed E-state index contributed by atoms with van der Waals surface area (Å²) in [5.41, 5.74) is 4.14. The van der Waals surface area contributed by atoms with Gasteiger partial charge in [0, 0.05) is 31.0 Å². The van der Waals surface area contributed by atoms with Gasteiger partial charge in [-0.2, -0.15) is 0 Å². The average molecular weight is 388 g/mol. The third kappa shape index (κ3) is 4.37. The summed E-state index contributed by atoms with van der Waals surface area (Å²) < 4.78 is 0. The number of nitrogens with one attached hydrogen (secondary N) is 2. The Morgan fingerprint density at radius 1 is 1.00 bits per heavy atom. The highest BCUT2D eigenvalue weighted by Gasteiger charge is 2.23. The number of nitrogens with zero attached hydrogens (tertiary/aromatic N) is 4. The Morgan fingerprint density at radius 2 is 1.76 bits per heavy atom. The van der Waals surface area contributed by atoms with Gasteiger partial charge < -0.3 is 15.5 Å². The quantitative estimate of drug-likeness (QED) is 0.710. The number of aromatic nitrogens is 3. The maximum Gasteiger partial charge on any atom is 0.272 e. The zero-order valence-electron chi connectivity index (χ0n) is 15.9. The normalized spacial score (nSPS) is 13.7. The third-order valence-corrected chi connectivity index (χ3v) is 4.60. The smallest absolute Gasteiger partial charge is 0.272 e. The molecule has 1 aliphatic heterocycles. The highest BCUT2D eigenvalue weighted by Crippen LogP contribution is 2.20. The molecule has 1 fully saturated rings. The van der Waals surface area contributed by atoms with Crippen LogP contribution >= 0.6 is 0 Å². The van der Waals surface area contributed by atoms with Gasteiger partial charge in [-0.15, -0.1) is 0 Å². The van der Waals surface area contributed by atoms with Gasteiger partial charge in [0.25, 0.3) is 5.91 Å². The van der Waals surface area contributed by atoms with Crippen LogP contribution in [-0.2, 0) is 4.79 Å². The Bertz CT molecular complexity index is 1020. The first-order valence-corrected chi connectivity index (χ1v) is 9.26. The number of benzene rings is 1. The minimum absolute atomic E-state index is 0.0572. The summed E-state index contributed by atoms with van der Waals surface area (Å²) in [7, 11) is 0. The van der Waals surface area contributed by atoms with Crippen LogP contribution in [0.15, 0.2) is 55.0 Å². The Hall–Kier alpha value is -3.81. The van der Waals surface area contributed by atoms with Crippen LogP contribution in [0.2, 0.25) is 0 Å². The number of rotatable bonds is 4. The van der Waals surface area contributed by atoms with E-state index >= 15 is 0 Å². The van der Waals surface area contributed by atoms with Crippen molar-refractivity contribution < 1.29 is 9.59 Å². The first-order chi connectivity index (χ1) is 14.1. The topological polar surface area (TPSA) is 100 Å². The predicted octanol–water partition coefficient (Wildman–Crippen LogP) is 2.16. The van der Waals surface area contributed by atoms with Crippen LogP contribution in [-0.4, -0.2) is 51.3 Å². The van der Waals surface area contributed by atoms with Gasteiger partial charge in [-0.25, -0.2) is 15.0 Å². The number of anilines is 2. The van der Waals surface area contributed by atoms with Gasteiger partial charge >= 0.3 is 0 Å².